The molecule has 0 aliphatic carbocycles. The molecule has 0 radical (unpaired) electrons. The Balaban J connectivity index is 1.16. The molecule has 7 aromatic carbocycles. The van der Waals surface area contributed by atoms with E-state index in [0.717, 1.165) is 44.8 Å². The van der Waals surface area contributed by atoms with Crippen LogP contribution in [-0.2, 0) is 6.54 Å². The molecule has 5 N–H and O–H groups in total. The fraction of sp³-hybridized carbons (Fsp3) is 0.0667. The lowest BCUT2D eigenvalue weighted by atomic mass is 10.00. The first kappa shape index (κ1) is 31.3. The van der Waals surface area contributed by atoms with Crippen LogP contribution in [0.4, 0.5) is 11.4 Å². The van der Waals surface area contributed by atoms with Crippen molar-refractivity contribution >= 4 is 33.2 Å². The van der Waals surface area contributed by atoms with Gasteiger partial charge in [-0.2, -0.15) is 0 Å². The Labute approximate surface area is 293 Å². The van der Waals surface area contributed by atoms with Crippen LogP contribution in [0.5, 0.6) is 0 Å². The van der Waals surface area contributed by atoms with Crippen molar-refractivity contribution in [3.63, 3.8) is 0 Å². The molecule has 5 heteroatoms. The molecular weight excluding hydrogens is 611 g/mol. The summed E-state index contributed by atoms with van der Waals surface area (Å²) in [7, 11) is 0. The Morgan fingerprint density at radius 3 is 1.88 bits per heavy atom. The van der Waals surface area contributed by atoms with Gasteiger partial charge < -0.3 is 15.6 Å². The maximum absolute atomic E-state index is 6.67. The zero-order chi connectivity index (χ0) is 33.7. The highest BCUT2D eigenvalue weighted by atomic mass is 15.2. The zero-order valence-electron chi connectivity index (χ0n) is 27.7. The van der Waals surface area contributed by atoms with E-state index in [1.165, 1.54) is 21.9 Å². The Bertz CT molecular complexity index is 2320. The third-order valence-corrected chi connectivity index (χ3v) is 9.29. The third-order valence-electron chi connectivity index (χ3n) is 9.29. The quantitative estimate of drug-likeness (QED) is 0.105. The minimum Gasteiger partial charge on any atom is -0.355 e. The highest BCUT2D eigenvalue weighted by Gasteiger charge is 2.18. The van der Waals surface area contributed by atoms with Crippen molar-refractivity contribution in [2.75, 3.05) is 5.32 Å². The summed E-state index contributed by atoms with van der Waals surface area (Å²) in [5, 5.41) is 13.6. The van der Waals surface area contributed by atoms with Crippen molar-refractivity contribution < 1.29 is 0 Å². The summed E-state index contributed by atoms with van der Waals surface area (Å²) in [4.78, 5) is 0. The second-order valence-corrected chi connectivity index (χ2v) is 12.6. The van der Waals surface area contributed by atoms with Crippen LogP contribution in [0.3, 0.4) is 0 Å². The van der Waals surface area contributed by atoms with E-state index >= 15 is 0 Å². The van der Waals surface area contributed by atoms with Gasteiger partial charge in [-0.1, -0.05) is 140 Å². The molecule has 50 heavy (non-hydrogen) atoms. The summed E-state index contributed by atoms with van der Waals surface area (Å²) >= 11 is 0. The Kier molecular flexibility index (Phi) is 8.92. The minimum atomic E-state index is -0.334. The zero-order valence-corrected chi connectivity index (χ0v) is 27.7. The number of nitrogens with one attached hydrogen (secondary N) is 3. The van der Waals surface area contributed by atoms with Crippen LogP contribution in [0.25, 0.3) is 38.6 Å². The van der Waals surface area contributed by atoms with Crippen LogP contribution in [0.1, 0.15) is 29.0 Å². The normalized spacial score (nSPS) is 12.6. The highest BCUT2D eigenvalue weighted by Crippen LogP contribution is 2.40. The first-order valence-electron chi connectivity index (χ1n) is 17.1. The lowest BCUT2D eigenvalue weighted by Gasteiger charge is -2.25. The van der Waals surface area contributed by atoms with E-state index in [2.05, 4.69) is 178 Å². The van der Waals surface area contributed by atoms with E-state index in [1.807, 2.05) is 24.3 Å². The topological polar surface area (TPSA) is 67.0 Å². The molecule has 1 heterocycles. The number of fused-ring (bicyclic) bond motifs is 3. The van der Waals surface area contributed by atoms with Crippen molar-refractivity contribution in [1.29, 1.82) is 0 Å². The smallest absolute Gasteiger partial charge is 0.0852 e. The predicted octanol–water partition coefficient (Wildman–Crippen LogP) is 10.2. The summed E-state index contributed by atoms with van der Waals surface area (Å²) in [5.74, 6) is 0. The van der Waals surface area contributed by atoms with Crippen LogP contribution in [0, 0.1) is 0 Å². The molecule has 244 valence electrons. The van der Waals surface area contributed by atoms with E-state index < -0.39 is 0 Å². The number of nitrogens with zero attached hydrogens (tertiary/aromatic N) is 1. The van der Waals surface area contributed by atoms with Crippen molar-refractivity contribution in [3.8, 4) is 16.8 Å². The molecule has 0 aliphatic rings. The maximum atomic E-state index is 6.67. The average Bonchev–Trinajstić information content (AvgIpc) is 3.51. The number of para-hydroxylation sites is 2. The number of hydrogen-bond acceptors (Lipinski definition) is 4. The van der Waals surface area contributed by atoms with Gasteiger partial charge in [-0.15, -0.1) is 0 Å². The van der Waals surface area contributed by atoms with E-state index in [-0.39, 0.29) is 12.3 Å². The lowest BCUT2D eigenvalue weighted by molar-refractivity contribution is 0.386. The maximum Gasteiger partial charge on any atom is 0.0852 e. The van der Waals surface area contributed by atoms with Gasteiger partial charge in [0.05, 0.1) is 23.4 Å². The van der Waals surface area contributed by atoms with Gasteiger partial charge in [0.1, 0.15) is 0 Å². The molecule has 5 nitrogen and oxygen atoms in total. The molecule has 0 saturated heterocycles. The highest BCUT2D eigenvalue weighted by molar-refractivity contribution is 6.12. The number of benzene rings is 7. The Morgan fingerprint density at radius 1 is 0.540 bits per heavy atom. The molecule has 2 atom stereocenters. The van der Waals surface area contributed by atoms with Crippen molar-refractivity contribution in [3.05, 3.63) is 199 Å². The number of hydrogen-bond donors (Lipinski definition) is 4. The molecule has 0 aliphatic heterocycles. The van der Waals surface area contributed by atoms with Gasteiger partial charge in [0.2, 0.25) is 0 Å². The second kappa shape index (κ2) is 14.2. The number of rotatable bonds is 11. The SMILES string of the molecule is NC(NC(NCc1ccccc1)c1ccc(Nc2cc3c(cc2-c2ccccc2)c2ccccc2n3-c2ccccc2)cc1)c1ccccc1. The number of aromatic nitrogens is 1. The average molecular weight is 650 g/mol. The molecular formula is C45H39N5. The third kappa shape index (κ3) is 6.53. The van der Waals surface area contributed by atoms with Crippen molar-refractivity contribution in [1.82, 2.24) is 15.2 Å². The van der Waals surface area contributed by atoms with Crippen LogP contribution < -0.4 is 21.7 Å². The van der Waals surface area contributed by atoms with Gasteiger partial charge in [-0.25, -0.2) is 0 Å². The van der Waals surface area contributed by atoms with Crippen molar-refractivity contribution in [2.45, 2.75) is 18.9 Å². The molecule has 0 bridgehead atoms. The van der Waals surface area contributed by atoms with E-state index in [0.29, 0.717) is 6.54 Å². The molecule has 1 aromatic heterocycles. The molecule has 0 amide bonds. The van der Waals surface area contributed by atoms with Gasteiger partial charge in [0.15, 0.2) is 0 Å². The van der Waals surface area contributed by atoms with Crippen LogP contribution in [0.15, 0.2) is 182 Å². The molecule has 0 spiro atoms. The molecule has 0 saturated carbocycles. The Morgan fingerprint density at radius 2 is 1.16 bits per heavy atom. The monoisotopic (exact) mass is 649 g/mol. The first-order valence-corrected chi connectivity index (χ1v) is 17.1. The van der Waals surface area contributed by atoms with Gasteiger partial charge in [-0.05, 0) is 64.7 Å². The van der Waals surface area contributed by atoms with Gasteiger partial charge in [0.25, 0.3) is 0 Å². The minimum absolute atomic E-state index is 0.169. The fourth-order valence-corrected chi connectivity index (χ4v) is 6.77. The van der Waals surface area contributed by atoms with Gasteiger partial charge in [0, 0.05) is 39.9 Å². The number of anilines is 2. The first-order chi connectivity index (χ1) is 24.7. The molecule has 2 unspecified atom stereocenters. The molecule has 8 aromatic rings. The number of nitrogens with two attached hydrogens (primary N) is 1. The largest absolute Gasteiger partial charge is 0.355 e. The Hall–Kier alpha value is -5.98. The van der Waals surface area contributed by atoms with Crippen LogP contribution in [-0.4, -0.2) is 4.57 Å². The standard InChI is InChI=1S/C45H39N5/c46-44(34-19-9-3-10-20-34)49-45(47-31-32-15-5-1-6-16-32)35-25-27-36(28-26-35)48-41-30-43-40(29-39(41)33-17-7-2-8-18-33)38-23-13-14-24-42(38)50(43)37-21-11-4-12-22-37/h1-30,44-45,47-49H,31,46H2. The summed E-state index contributed by atoms with van der Waals surface area (Å²) in [6.45, 7) is 0.704. The van der Waals surface area contributed by atoms with E-state index in [1.54, 1.807) is 0 Å². The van der Waals surface area contributed by atoms with Crippen LogP contribution >= 0.6 is 0 Å². The summed E-state index contributed by atoms with van der Waals surface area (Å²) in [5.41, 5.74) is 17.8. The van der Waals surface area contributed by atoms with Crippen LogP contribution in [0.2, 0.25) is 0 Å². The summed E-state index contributed by atoms with van der Waals surface area (Å²) in [6.07, 6.45) is -0.504. The fourth-order valence-electron chi connectivity index (χ4n) is 6.77. The van der Waals surface area contributed by atoms with E-state index in [9.17, 15) is 0 Å². The molecule has 8 rings (SSSR count). The summed E-state index contributed by atoms with van der Waals surface area (Å²) in [6, 6.07) is 63.7. The van der Waals surface area contributed by atoms with Crippen molar-refractivity contribution in [2.24, 2.45) is 5.73 Å². The van der Waals surface area contributed by atoms with Gasteiger partial charge in [-0.3, -0.25) is 10.6 Å². The van der Waals surface area contributed by atoms with E-state index in [4.69, 9.17) is 5.73 Å². The second-order valence-electron chi connectivity index (χ2n) is 12.6. The molecule has 0 fully saturated rings. The summed E-state index contributed by atoms with van der Waals surface area (Å²) < 4.78 is 2.36. The predicted molar refractivity (Wildman–Crippen MR) is 208 cm³/mol. The lowest BCUT2D eigenvalue weighted by Crippen LogP contribution is -2.39. The van der Waals surface area contributed by atoms with Gasteiger partial charge >= 0.3 is 0 Å².